The Morgan fingerprint density at radius 1 is 1.19 bits per heavy atom. The zero-order valence-corrected chi connectivity index (χ0v) is 17.1. The highest BCUT2D eigenvalue weighted by Crippen LogP contribution is 2.50. The van der Waals surface area contributed by atoms with E-state index in [1.54, 1.807) is 12.2 Å². The number of sulfone groups is 1. The van der Waals surface area contributed by atoms with Gasteiger partial charge in [-0.05, 0) is 39.2 Å². The van der Waals surface area contributed by atoms with E-state index in [2.05, 4.69) is 20.5 Å². The molecule has 0 aliphatic heterocycles. The normalized spacial score (nSPS) is 14.4. The van der Waals surface area contributed by atoms with Gasteiger partial charge in [0.05, 0.1) is 16.0 Å². The summed E-state index contributed by atoms with van der Waals surface area (Å²) in [6, 6.07) is 13.1. The van der Waals surface area contributed by atoms with Crippen molar-refractivity contribution in [3.63, 3.8) is 0 Å². The summed E-state index contributed by atoms with van der Waals surface area (Å²) >= 11 is 3.03. The Labute approximate surface area is 164 Å². The third kappa shape index (κ3) is 6.84. The molecule has 1 unspecified atom stereocenters. The summed E-state index contributed by atoms with van der Waals surface area (Å²) in [5.41, 5.74) is 1.26. The van der Waals surface area contributed by atoms with Crippen LogP contribution in [0, 0.1) is 0 Å². The molecular weight excluding hydrogens is 465 g/mol. The second-order valence-corrected chi connectivity index (χ2v) is 10.2. The van der Waals surface area contributed by atoms with E-state index in [9.17, 15) is 21.8 Å². The summed E-state index contributed by atoms with van der Waals surface area (Å²) < 4.78 is 65.1. The Balaban J connectivity index is 2.05. The number of alkyl halides is 2. The molecule has 2 aromatic carbocycles. The maximum atomic E-state index is 12.4. The maximum absolute atomic E-state index is 12.4. The summed E-state index contributed by atoms with van der Waals surface area (Å²) in [6.45, 7) is 0. The first kappa shape index (κ1) is 21.8. The van der Waals surface area contributed by atoms with Crippen LogP contribution in [0.3, 0.4) is 0 Å². The molecule has 5 nitrogen and oxygen atoms in total. The summed E-state index contributed by atoms with van der Waals surface area (Å²) in [5.74, 6) is -0.725. The third-order valence-corrected chi connectivity index (χ3v) is 6.36. The van der Waals surface area contributed by atoms with E-state index in [0.717, 1.165) is 5.56 Å². The SMILES string of the molecule is O=P(O)(Oc1ccc(CS(=O)(=O)CC=Cc2ccccc2)cc1Br)C(F)F. The Hall–Kier alpha value is -1.54. The van der Waals surface area contributed by atoms with Crippen molar-refractivity contribution >= 4 is 39.4 Å². The summed E-state index contributed by atoms with van der Waals surface area (Å²) in [6.07, 6.45) is -0.295. The van der Waals surface area contributed by atoms with Crippen LogP contribution in [0.2, 0.25) is 0 Å². The molecule has 0 heterocycles. The van der Waals surface area contributed by atoms with E-state index < -0.39 is 23.6 Å². The van der Waals surface area contributed by atoms with Crippen LogP contribution in [0.5, 0.6) is 5.75 Å². The molecule has 1 atom stereocenters. The molecule has 0 bridgehead atoms. The number of benzene rings is 2. The highest BCUT2D eigenvalue weighted by Gasteiger charge is 2.34. The highest BCUT2D eigenvalue weighted by atomic mass is 79.9. The second kappa shape index (κ2) is 9.10. The molecule has 10 heteroatoms. The van der Waals surface area contributed by atoms with Crippen molar-refractivity contribution in [3.8, 4) is 5.75 Å². The zero-order chi connectivity index (χ0) is 20.1. The van der Waals surface area contributed by atoms with E-state index in [1.807, 2.05) is 30.3 Å². The van der Waals surface area contributed by atoms with Crippen molar-refractivity contribution < 1.29 is 31.2 Å². The second-order valence-electron chi connectivity index (χ2n) is 5.57. The van der Waals surface area contributed by atoms with E-state index >= 15 is 0 Å². The maximum Gasteiger partial charge on any atom is 0.442 e. The van der Waals surface area contributed by atoms with E-state index in [0.29, 0.717) is 5.56 Å². The van der Waals surface area contributed by atoms with Gasteiger partial charge >= 0.3 is 13.8 Å². The van der Waals surface area contributed by atoms with Gasteiger partial charge in [0.25, 0.3) is 0 Å². The predicted octanol–water partition coefficient (Wildman–Crippen LogP) is 4.86. The van der Waals surface area contributed by atoms with Gasteiger partial charge in [0.2, 0.25) is 0 Å². The average molecular weight is 481 g/mol. The number of halogens is 3. The molecule has 27 heavy (non-hydrogen) atoms. The van der Waals surface area contributed by atoms with Gasteiger partial charge in [0.15, 0.2) is 9.84 Å². The highest BCUT2D eigenvalue weighted by molar-refractivity contribution is 9.10. The lowest BCUT2D eigenvalue weighted by Crippen LogP contribution is -2.08. The summed E-state index contributed by atoms with van der Waals surface area (Å²) in [4.78, 5) is 9.08. The molecule has 0 aliphatic carbocycles. The Morgan fingerprint density at radius 2 is 1.85 bits per heavy atom. The topological polar surface area (TPSA) is 80.7 Å². The molecule has 0 amide bonds. The van der Waals surface area contributed by atoms with Gasteiger partial charge in [0, 0.05) is 0 Å². The first-order valence-corrected chi connectivity index (χ1v) is 11.9. The first-order chi connectivity index (χ1) is 12.6. The van der Waals surface area contributed by atoms with Crippen LogP contribution in [-0.2, 0) is 20.2 Å². The zero-order valence-electron chi connectivity index (χ0n) is 13.8. The largest absolute Gasteiger partial charge is 0.442 e. The summed E-state index contributed by atoms with van der Waals surface area (Å²) in [5, 5.41) is 0. The van der Waals surface area contributed by atoms with Crippen molar-refractivity contribution in [3.05, 3.63) is 70.2 Å². The number of rotatable bonds is 8. The summed E-state index contributed by atoms with van der Waals surface area (Å²) in [7, 11) is -8.56. The first-order valence-electron chi connectivity index (χ1n) is 7.60. The van der Waals surface area contributed by atoms with Crippen molar-refractivity contribution in [2.45, 2.75) is 11.9 Å². The van der Waals surface area contributed by atoms with E-state index in [1.165, 1.54) is 18.2 Å². The molecule has 0 spiro atoms. The van der Waals surface area contributed by atoms with Crippen LogP contribution < -0.4 is 4.52 Å². The quantitative estimate of drug-likeness (QED) is 0.545. The van der Waals surface area contributed by atoms with Crippen LogP contribution >= 0.6 is 23.5 Å². The van der Waals surface area contributed by atoms with Crippen LogP contribution in [-0.4, -0.2) is 25.2 Å². The molecule has 0 saturated heterocycles. The van der Waals surface area contributed by atoms with Gasteiger partial charge in [-0.2, -0.15) is 8.78 Å². The molecular formula is C17H16BrF2O5PS. The molecule has 2 rings (SSSR count). The van der Waals surface area contributed by atoms with Gasteiger partial charge in [-0.25, -0.2) is 13.0 Å². The smallest absolute Gasteiger partial charge is 0.420 e. The lowest BCUT2D eigenvalue weighted by atomic mass is 10.2. The van der Waals surface area contributed by atoms with Gasteiger partial charge in [-0.15, -0.1) is 0 Å². The molecule has 0 aliphatic rings. The number of hydrogen-bond donors (Lipinski definition) is 1. The fraction of sp³-hybridized carbons (Fsp3) is 0.176. The standard InChI is InChI=1S/C17H16BrF2O5PS/c18-15-11-14(8-9-16(15)25-26(21,22)17(19)20)12-27(23,24)10-4-7-13-5-2-1-3-6-13/h1-9,11,17H,10,12H2,(H,21,22). The minimum Gasteiger partial charge on any atom is -0.420 e. The molecule has 0 aromatic heterocycles. The van der Waals surface area contributed by atoms with E-state index in [4.69, 9.17) is 4.89 Å². The van der Waals surface area contributed by atoms with E-state index in [-0.39, 0.29) is 21.7 Å². The molecule has 0 fully saturated rings. The van der Waals surface area contributed by atoms with Crippen molar-refractivity contribution in [1.82, 2.24) is 0 Å². The minimum absolute atomic E-state index is 0.102. The third-order valence-electron chi connectivity index (χ3n) is 3.32. The predicted molar refractivity (Wildman–Crippen MR) is 104 cm³/mol. The molecule has 0 radical (unpaired) electrons. The fourth-order valence-electron chi connectivity index (χ4n) is 2.10. The number of hydrogen-bond acceptors (Lipinski definition) is 4. The monoisotopic (exact) mass is 480 g/mol. The van der Waals surface area contributed by atoms with Crippen LogP contribution in [0.15, 0.2) is 59.1 Å². The lowest BCUT2D eigenvalue weighted by Gasteiger charge is -2.14. The molecule has 2 aromatic rings. The Morgan fingerprint density at radius 3 is 2.44 bits per heavy atom. The van der Waals surface area contributed by atoms with Crippen molar-refractivity contribution in [2.24, 2.45) is 0 Å². The molecule has 146 valence electrons. The molecule has 0 saturated carbocycles. The average Bonchev–Trinajstić information content (AvgIpc) is 2.57. The van der Waals surface area contributed by atoms with Crippen LogP contribution in [0.1, 0.15) is 11.1 Å². The van der Waals surface area contributed by atoms with Crippen LogP contribution in [0.4, 0.5) is 8.78 Å². The van der Waals surface area contributed by atoms with Crippen molar-refractivity contribution in [1.29, 1.82) is 0 Å². The lowest BCUT2D eigenvalue weighted by molar-refractivity contribution is 0.188. The van der Waals surface area contributed by atoms with Gasteiger partial charge in [-0.3, -0.25) is 0 Å². The fourth-order valence-corrected chi connectivity index (χ4v) is 4.44. The van der Waals surface area contributed by atoms with Gasteiger partial charge in [-0.1, -0.05) is 48.6 Å². The van der Waals surface area contributed by atoms with Gasteiger partial charge in [0.1, 0.15) is 5.75 Å². The Bertz CT molecular complexity index is 965. The molecule has 1 N–H and O–H groups in total. The van der Waals surface area contributed by atoms with Crippen molar-refractivity contribution in [2.75, 3.05) is 5.75 Å². The van der Waals surface area contributed by atoms with Crippen LogP contribution in [0.25, 0.3) is 6.08 Å². The Kier molecular flexibility index (Phi) is 7.33. The minimum atomic E-state index is -5.10. The van der Waals surface area contributed by atoms with Gasteiger partial charge < -0.3 is 9.42 Å².